The Balaban J connectivity index is -0.000000993. The van der Waals surface area contributed by atoms with Gasteiger partial charge in [0.1, 0.15) is 0 Å². The van der Waals surface area contributed by atoms with Crippen LogP contribution in [0.25, 0.3) is 0 Å². The second-order valence-corrected chi connectivity index (χ2v) is 17.2. The number of allylic oxidation sites excluding steroid dienone is 33. The molecule has 0 unspecified atom stereocenters. The summed E-state index contributed by atoms with van der Waals surface area (Å²) in [5, 5.41) is 26.8. The maximum Gasteiger partial charge on any atom is 0.0644 e. The van der Waals surface area contributed by atoms with Gasteiger partial charge in [-0.1, -0.05) is 260 Å². The first-order chi connectivity index (χ1) is 35.5. The fourth-order valence-electron chi connectivity index (χ4n) is 6.23. The van der Waals surface area contributed by atoms with Gasteiger partial charge in [-0.15, -0.1) is 0 Å². The highest BCUT2D eigenvalue weighted by atomic mass is 16.3. The van der Waals surface area contributed by atoms with E-state index in [0.717, 1.165) is 132 Å². The van der Waals surface area contributed by atoms with Crippen LogP contribution in [0.4, 0.5) is 0 Å². The van der Waals surface area contributed by atoms with Gasteiger partial charge in [-0.3, -0.25) is 0 Å². The van der Waals surface area contributed by atoms with E-state index in [1.165, 1.54) is 38.5 Å². The SMILES string of the molecule is CC/C=C\C/C=C\C/C=C\C/C=C\C/C=C\C/C=C/C=C(\CC)CO.CC/C=C\C/C=C\C/C=C\C/C=C\CC/C=C/C=C(\CC)CO.CC/C=C\C/C=C\C/C=C\CCCCCCC/C=C/C(C)=C/CO. The summed E-state index contributed by atoms with van der Waals surface area (Å²) in [5.74, 6) is 0. The Morgan fingerprint density at radius 2 is 0.597 bits per heavy atom. The van der Waals surface area contributed by atoms with Crippen molar-refractivity contribution < 1.29 is 15.3 Å². The predicted octanol–water partition coefficient (Wildman–Crippen LogP) is 20.5. The summed E-state index contributed by atoms with van der Waals surface area (Å²) < 4.78 is 0. The average Bonchev–Trinajstić information content (AvgIpc) is 3.39. The molecule has 3 heteroatoms. The monoisotopic (exact) mass is 985 g/mol. The molecule has 0 atom stereocenters. The molecule has 0 aliphatic carbocycles. The van der Waals surface area contributed by atoms with Gasteiger partial charge in [0.05, 0.1) is 19.8 Å². The summed E-state index contributed by atoms with van der Waals surface area (Å²) in [6.07, 6.45) is 98.3. The van der Waals surface area contributed by atoms with Crippen LogP contribution in [-0.4, -0.2) is 35.1 Å². The van der Waals surface area contributed by atoms with Crippen LogP contribution in [-0.2, 0) is 0 Å². The van der Waals surface area contributed by atoms with E-state index in [1.54, 1.807) is 0 Å². The molecule has 0 heterocycles. The molecule has 0 spiro atoms. The van der Waals surface area contributed by atoms with E-state index in [9.17, 15) is 0 Å². The smallest absolute Gasteiger partial charge is 0.0644 e. The largest absolute Gasteiger partial charge is 0.392 e. The van der Waals surface area contributed by atoms with Crippen LogP contribution in [0.5, 0.6) is 0 Å². The van der Waals surface area contributed by atoms with Crippen molar-refractivity contribution in [3.05, 3.63) is 217 Å². The molecule has 3 N–H and O–H groups in total. The zero-order valence-electron chi connectivity index (χ0n) is 47.0. The molecule has 0 aromatic heterocycles. The van der Waals surface area contributed by atoms with Crippen molar-refractivity contribution in [2.75, 3.05) is 19.8 Å². The van der Waals surface area contributed by atoms with Crippen LogP contribution in [0.15, 0.2) is 217 Å². The fourth-order valence-corrected chi connectivity index (χ4v) is 6.23. The summed E-state index contributed by atoms with van der Waals surface area (Å²) >= 11 is 0. The molecule has 0 radical (unpaired) electrons. The summed E-state index contributed by atoms with van der Waals surface area (Å²) in [7, 11) is 0. The minimum absolute atomic E-state index is 0.136. The number of aliphatic hydroxyl groups excluding tert-OH is 3. The molecule has 72 heavy (non-hydrogen) atoms. The topological polar surface area (TPSA) is 60.7 Å². The van der Waals surface area contributed by atoms with Crippen LogP contribution < -0.4 is 0 Å². The molecule has 0 aliphatic heterocycles. The van der Waals surface area contributed by atoms with Crippen LogP contribution in [0.1, 0.15) is 196 Å². The van der Waals surface area contributed by atoms with Gasteiger partial charge in [-0.2, -0.15) is 0 Å². The van der Waals surface area contributed by atoms with Gasteiger partial charge < -0.3 is 15.3 Å². The van der Waals surface area contributed by atoms with Crippen LogP contribution in [0, 0.1) is 0 Å². The molecular formula is C69H108O3. The van der Waals surface area contributed by atoms with E-state index in [2.05, 4.69) is 205 Å². The fraction of sp³-hybridized carbons (Fsp3) is 0.478. The van der Waals surface area contributed by atoms with Gasteiger partial charge in [0, 0.05) is 0 Å². The predicted molar refractivity (Wildman–Crippen MR) is 327 cm³/mol. The number of hydrogen-bond acceptors (Lipinski definition) is 3. The molecule has 0 saturated heterocycles. The van der Waals surface area contributed by atoms with Crippen LogP contribution >= 0.6 is 0 Å². The molecular weight excluding hydrogens is 877 g/mol. The zero-order chi connectivity index (χ0) is 53.2. The van der Waals surface area contributed by atoms with Crippen molar-refractivity contribution in [2.45, 2.75) is 196 Å². The summed E-state index contributed by atoms with van der Waals surface area (Å²) in [4.78, 5) is 0. The number of unbranched alkanes of at least 4 members (excludes halogenated alkanes) is 7. The maximum atomic E-state index is 9.04. The third kappa shape index (κ3) is 67.3. The molecule has 0 fully saturated rings. The lowest BCUT2D eigenvalue weighted by Crippen LogP contribution is -1.86. The number of aliphatic hydroxyl groups is 3. The first-order valence-electron chi connectivity index (χ1n) is 28.2. The summed E-state index contributed by atoms with van der Waals surface area (Å²) in [6, 6.07) is 0. The third-order valence-corrected chi connectivity index (χ3v) is 10.7. The second kappa shape index (κ2) is 68.3. The van der Waals surface area contributed by atoms with Crippen molar-refractivity contribution in [1.82, 2.24) is 0 Å². The quantitative estimate of drug-likeness (QED) is 0.0324. The minimum Gasteiger partial charge on any atom is -0.392 e. The Hall–Kier alpha value is -4.80. The van der Waals surface area contributed by atoms with Gasteiger partial charge in [0.15, 0.2) is 0 Å². The van der Waals surface area contributed by atoms with Crippen molar-refractivity contribution >= 4 is 0 Å². The number of rotatable bonds is 42. The van der Waals surface area contributed by atoms with Crippen LogP contribution in [0.2, 0.25) is 0 Å². The highest BCUT2D eigenvalue weighted by Crippen LogP contribution is 2.09. The molecule has 402 valence electrons. The van der Waals surface area contributed by atoms with E-state index >= 15 is 0 Å². The Morgan fingerprint density at radius 1 is 0.306 bits per heavy atom. The maximum absolute atomic E-state index is 9.04. The van der Waals surface area contributed by atoms with Gasteiger partial charge in [0.2, 0.25) is 0 Å². The molecule has 0 amide bonds. The van der Waals surface area contributed by atoms with E-state index in [1.807, 2.05) is 37.3 Å². The van der Waals surface area contributed by atoms with E-state index in [4.69, 9.17) is 15.3 Å². The molecule has 3 nitrogen and oxygen atoms in total. The van der Waals surface area contributed by atoms with E-state index in [0.29, 0.717) is 0 Å². The van der Waals surface area contributed by atoms with E-state index in [-0.39, 0.29) is 19.8 Å². The Labute approximate surface area is 446 Å². The summed E-state index contributed by atoms with van der Waals surface area (Å²) in [6.45, 7) is 13.1. The molecule has 0 aromatic rings. The molecule has 0 aliphatic rings. The highest BCUT2D eigenvalue weighted by Gasteiger charge is 1.90. The summed E-state index contributed by atoms with van der Waals surface area (Å²) in [5.41, 5.74) is 3.30. The van der Waals surface area contributed by atoms with Gasteiger partial charge in [-0.05, 0) is 153 Å². The van der Waals surface area contributed by atoms with Crippen LogP contribution in [0.3, 0.4) is 0 Å². The molecule has 0 aromatic carbocycles. The van der Waals surface area contributed by atoms with Gasteiger partial charge in [0.25, 0.3) is 0 Å². The van der Waals surface area contributed by atoms with Crippen molar-refractivity contribution in [3.8, 4) is 0 Å². The Kier molecular flexibility index (Phi) is 67.8. The molecule has 0 saturated carbocycles. The molecule has 0 bridgehead atoms. The highest BCUT2D eigenvalue weighted by molar-refractivity contribution is 5.16. The average molecular weight is 986 g/mol. The van der Waals surface area contributed by atoms with Crippen molar-refractivity contribution in [2.24, 2.45) is 0 Å². The standard InChI is InChI=1S/C24H36O.C23H38O.C22H34O/c1-3-5-6-7-8-9-10-11-12-13-14-15-16-17-18-19-20-21-22-24(4-2)23-25;1-3-4-5-6-7-8-9-10-11-12-13-14-15-16-17-18-19-20-23(2)21-22-24;1-3-5-6-7-8-9-10-11-12-13-14-15-16-17-18-19-20-22(4-2)21-23/h5-6,8-9,11-12,14-15,17-18,20-22,25H,3-4,7,10,13,16,19,23H2,1-2H3;4-5,7-8,10-11,19-21,24H,3,6,9,12-18,22H2,1-2H3;5-6,8-9,11-12,14-15,18-20,23H,3-4,7,10,13,16-17,21H2,1-2H3/b6-5-,9-8-,12-11-,15-14-,18-17-,21-20+,24-22+;5-4-,8-7-,11-10-,20-19+,23-21+;6-5-,9-8-,12-11-,15-14-,19-18+,22-20+. The molecule has 0 rings (SSSR count). The zero-order valence-corrected chi connectivity index (χ0v) is 47.0. The lowest BCUT2D eigenvalue weighted by molar-refractivity contribution is 0.327. The third-order valence-electron chi connectivity index (χ3n) is 10.7. The normalized spacial score (nSPS) is 13.7. The first kappa shape index (κ1) is 71.5. The van der Waals surface area contributed by atoms with Gasteiger partial charge in [-0.25, -0.2) is 0 Å². The Morgan fingerprint density at radius 3 is 0.944 bits per heavy atom. The minimum atomic E-state index is 0.136. The Bertz CT molecular complexity index is 1690. The number of hydrogen-bond donors (Lipinski definition) is 3. The van der Waals surface area contributed by atoms with Crippen molar-refractivity contribution in [1.29, 1.82) is 0 Å². The van der Waals surface area contributed by atoms with E-state index < -0.39 is 0 Å². The second-order valence-electron chi connectivity index (χ2n) is 17.2. The lowest BCUT2D eigenvalue weighted by Gasteiger charge is -1.98. The first-order valence-corrected chi connectivity index (χ1v) is 28.2. The van der Waals surface area contributed by atoms with Crippen molar-refractivity contribution in [3.63, 3.8) is 0 Å². The lowest BCUT2D eigenvalue weighted by atomic mass is 10.1. The van der Waals surface area contributed by atoms with Gasteiger partial charge >= 0.3 is 0 Å².